The second kappa shape index (κ2) is 7.84. The number of hydrogen-bond donors (Lipinski definition) is 2. The molecule has 9 heteroatoms. The Morgan fingerprint density at radius 2 is 1.61 bits per heavy atom. The van der Waals surface area contributed by atoms with Crippen LogP contribution in [0.5, 0.6) is 0 Å². The Labute approximate surface area is 193 Å². The zero-order chi connectivity index (χ0) is 23.2. The fraction of sp³-hybridized carbons (Fsp3) is 0.0833. The van der Waals surface area contributed by atoms with Crippen LogP contribution in [0.1, 0.15) is 11.1 Å². The molecule has 5 aromatic rings. The molecule has 0 saturated heterocycles. The number of aryl methyl sites for hydroxylation is 1. The van der Waals surface area contributed by atoms with E-state index in [4.69, 9.17) is 17.3 Å². The van der Waals surface area contributed by atoms with Crippen LogP contribution in [0.25, 0.3) is 28.1 Å². The van der Waals surface area contributed by atoms with Gasteiger partial charge in [0.05, 0.1) is 10.5 Å². The van der Waals surface area contributed by atoms with E-state index in [0.717, 1.165) is 16.6 Å². The van der Waals surface area contributed by atoms with Gasteiger partial charge in [-0.25, -0.2) is 4.68 Å². The SMILES string of the molecule is Cn1nnnc1-c1c(Cl)c2ccccc2n1-c1ccc(C(O)(C(N)=O)c2ccccc2)cc1. The molecule has 0 bridgehead atoms. The van der Waals surface area contributed by atoms with Crippen molar-refractivity contribution < 1.29 is 9.90 Å². The molecular weight excluding hydrogens is 440 g/mol. The maximum Gasteiger partial charge on any atom is 0.258 e. The molecular formula is C24H19ClN6O2. The summed E-state index contributed by atoms with van der Waals surface area (Å²) in [4.78, 5) is 12.3. The minimum atomic E-state index is -1.97. The third-order valence-electron chi connectivity index (χ3n) is 5.74. The maximum absolute atomic E-state index is 12.3. The van der Waals surface area contributed by atoms with Gasteiger partial charge in [-0.3, -0.25) is 4.79 Å². The second-order valence-electron chi connectivity index (χ2n) is 7.63. The van der Waals surface area contributed by atoms with Gasteiger partial charge in [-0.2, -0.15) is 0 Å². The zero-order valence-electron chi connectivity index (χ0n) is 17.6. The summed E-state index contributed by atoms with van der Waals surface area (Å²) >= 11 is 6.77. The van der Waals surface area contributed by atoms with Gasteiger partial charge in [0.25, 0.3) is 5.91 Å². The molecule has 0 radical (unpaired) electrons. The number of carbonyl (C=O) groups excluding carboxylic acids is 1. The summed E-state index contributed by atoms with van der Waals surface area (Å²) in [6.07, 6.45) is 0. The van der Waals surface area contributed by atoms with Crippen molar-refractivity contribution in [3.63, 3.8) is 0 Å². The molecule has 0 aliphatic rings. The first kappa shape index (κ1) is 20.9. The Morgan fingerprint density at radius 1 is 0.970 bits per heavy atom. The molecule has 3 N–H and O–H groups in total. The number of para-hydroxylation sites is 1. The van der Waals surface area contributed by atoms with Crippen LogP contribution in [-0.4, -0.2) is 35.8 Å². The lowest BCUT2D eigenvalue weighted by Crippen LogP contribution is -2.42. The van der Waals surface area contributed by atoms with Crippen molar-refractivity contribution >= 4 is 28.4 Å². The molecule has 1 unspecified atom stereocenters. The highest BCUT2D eigenvalue weighted by molar-refractivity contribution is 6.38. The number of nitrogens with zero attached hydrogens (tertiary/aromatic N) is 5. The van der Waals surface area contributed by atoms with E-state index in [1.54, 1.807) is 66.3 Å². The van der Waals surface area contributed by atoms with E-state index in [2.05, 4.69) is 15.5 Å². The third kappa shape index (κ3) is 3.19. The molecule has 164 valence electrons. The van der Waals surface area contributed by atoms with Gasteiger partial charge in [-0.05, 0) is 39.8 Å². The smallest absolute Gasteiger partial charge is 0.258 e. The van der Waals surface area contributed by atoms with Gasteiger partial charge in [0, 0.05) is 18.1 Å². The first-order valence-electron chi connectivity index (χ1n) is 10.1. The number of rotatable bonds is 5. The van der Waals surface area contributed by atoms with Crippen LogP contribution in [0.2, 0.25) is 5.02 Å². The number of hydrogen-bond acceptors (Lipinski definition) is 5. The molecule has 2 aromatic heterocycles. The van der Waals surface area contributed by atoms with Gasteiger partial charge in [0.1, 0.15) is 5.69 Å². The molecule has 3 aromatic carbocycles. The average Bonchev–Trinajstić information content (AvgIpc) is 3.39. The normalized spacial score (nSPS) is 13.2. The fourth-order valence-electron chi connectivity index (χ4n) is 4.08. The lowest BCUT2D eigenvalue weighted by molar-refractivity contribution is -0.133. The molecule has 2 heterocycles. The largest absolute Gasteiger partial charge is 0.372 e. The highest BCUT2D eigenvalue weighted by Gasteiger charge is 2.38. The van der Waals surface area contributed by atoms with Crippen LogP contribution < -0.4 is 5.73 Å². The van der Waals surface area contributed by atoms with Crippen molar-refractivity contribution in [2.45, 2.75) is 5.60 Å². The monoisotopic (exact) mass is 458 g/mol. The first-order valence-corrected chi connectivity index (χ1v) is 10.5. The number of aliphatic hydroxyl groups is 1. The molecule has 8 nitrogen and oxygen atoms in total. The number of nitrogens with two attached hydrogens (primary N) is 1. The van der Waals surface area contributed by atoms with Crippen LogP contribution in [0, 0.1) is 0 Å². The molecule has 0 fully saturated rings. The van der Waals surface area contributed by atoms with Crippen LogP contribution in [0.4, 0.5) is 0 Å². The van der Waals surface area contributed by atoms with E-state index in [0.29, 0.717) is 27.7 Å². The summed E-state index contributed by atoms with van der Waals surface area (Å²) < 4.78 is 3.49. The summed E-state index contributed by atoms with van der Waals surface area (Å²) in [7, 11) is 1.74. The summed E-state index contributed by atoms with van der Waals surface area (Å²) in [6.45, 7) is 0. The molecule has 1 amide bonds. The van der Waals surface area contributed by atoms with Gasteiger partial charge in [-0.1, -0.05) is 72.3 Å². The maximum atomic E-state index is 12.3. The quantitative estimate of drug-likeness (QED) is 0.420. The highest BCUT2D eigenvalue weighted by Crippen LogP contribution is 2.39. The molecule has 5 rings (SSSR count). The summed E-state index contributed by atoms with van der Waals surface area (Å²) in [5.41, 5.74) is 6.66. The second-order valence-corrected chi connectivity index (χ2v) is 8.01. The van der Waals surface area contributed by atoms with Crippen LogP contribution >= 0.6 is 11.6 Å². The lowest BCUT2D eigenvalue weighted by atomic mass is 9.85. The number of carbonyl (C=O) groups is 1. The van der Waals surface area contributed by atoms with Gasteiger partial charge in [-0.15, -0.1) is 5.10 Å². The minimum absolute atomic E-state index is 0.356. The molecule has 33 heavy (non-hydrogen) atoms. The predicted octanol–water partition coefficient (Wildman–Crippen LogP) is 3.20. The number of fused-ring (bicyclic) bond motifs is 1. The summed E-state index contributed by atoms with van der Waals surface area (Å²) in [6, 6.07) is 23.3. The molecule has 1 atom stereocenters. The van der Waals surface area contributed by atoms with E-state index in [1.807, 2.05) is 28.8 Å². The number of tetrazole rings is 1. The van der Waals surface area contributed by atoms with Gasteiger partial charge in [0.2, 0.25) is 0 Å². The van der Waals surface area contributed by atoms with Crippen molar-refractivity contribution in [1.29, 1.82) is 0 Å². The van der Waals surface area contributed by atoms with E-state index >= 15 is 0 Å². The number of amides is 1. The molecule has 0 saturated carbocycles. The number of halogens is 1. The van der Waals surface area contributed by atoms with Crippen molar-refractivity contribution in [2.75, 3.05) is 0 Å². The Morgan fingerprint density at radius 3 is 2.24 bits per heavy atom. The summed E-state index contributed by atoms with van der Waals surface area (Å²) in [5, 5.41) is 24.5. The Kier molecular flexibility index (Phi) is 4.96. The van der Waals surface area contributed by atoms with Crippen LogP contribution in [0.15, 0.2) is 78.9 Å². The summed E-state index contributed by atoms with van der Waals surface area (Å²) in [5.74, 6) is -0.361. The van der Waals surface area contributed by atoms with Crippen molar-refractivity contribution in [2.24, 2.45) is 12.8 Å². The number of benzene rings is 3. The van der Waals surface area contributed by atoms with Crippen LogP contribution in [-0.2, 0) is 17.4 Å². The zero-order valence-corrected chi connectivity index (χ0v) is 18.3. The van der Waals surface area contributed by atoms with E-state index in [9.17, 15) is 9.90 Å². The van der Waals surface area contributed by atoms with Gasteiger partial charge in [0.15, 0.2) is 11.4 Å². The van der Waals surface area contributed by atoms with E-state index in [-0.39, 0.29) is 0 Å². The molecule has 0 spiro atoms. The molecule has 0 aliphatic heterocycles. The van der Waals surface area contributed by atoms with Crippen LogP contribution in [0.3, 0.4) is 0 Å². The third-order valence-corrected chi connectivity index (χ3v) is 6.12. The Bertz CT molecular complexity index is 1480. The van der Waals surface area contributed by atoms with Gasteiger partial charge >= 0.3 is 0 Å². The van der Waals surface area contributed by atoms with Crippen molar-refractivity contribution in [3.05, 3.63) is 95.0 Å². The topological polar surface area (TPSA) is 112 Å². The number of aromatic nitrogens is 5. The van der Waals surface area contributed by atoms with Gasteiger partial charge < -0.3 is 15.4 Å². The van der Waals surface area contributed by atoms with Crippen molar-refractivity contribution in [1.82, 2.24) is 24.8 Å². The van der Waals surface area contributed by atoms with E-state index in [1.165, 1.54) is 0 Å². The van der Waals surface area contributed by atoms with Crippen molar-refractivity contribution in [3.8, 4) is 17.2 Å². The lowest BCUT2D eigenvalue weighted by Gasteiger charge is -2.26. The standard InChI is InChI=1S/C24H19ClN6O2/c1-30-22(27-28-29-30)21-20(25)18-9-5-6-10-19(18)31(21)17-13-11-16(12-14-17)24(33,23(26)32)15-7-3-2-4-8-15/h2-14,33H,1H3,(H2,26,32). The van der Waals surface area contributed by atoms with E-state index < -0.39 is 11.5 Å². The minimum Gasteiger partial charge on any atom is -0.372 e. The average molecular weight is 459 g/mol. The molecule has 0 aliphatic carbocycles. The fourth-order valence-corrected chi connectivity index (χ4v) is 4.41. The first-order chi connectivity index (χ1) is 15.9. The predicted molar refractivity (Wildman–Crippen MR) is 125 cm³/mol. The number of primary amides is 1. The Hall–Kier alpha value is -4.01. The highest BCUT2D eigenvalue weighted by atomic mass is 35.5. The Balaban J connectivity index is 1.70.